The first-order chi connectivity index (χ1) is 5.25. The van der Waals surface area contributed by atoms with Crippen LogP contribution in [0.15, 0.2) is 18.2 Å². The number of aryl methyl sites for hydroxylation is 1. The second-order valence-corrected chi connectivity index (χ2v) is 2.76. The van der Waals surface area contributed by atoms with Crippen molar-refractivity contribution in [3.05, 3.63) is 34.2 Å². The van der Waals surface area contributed by atoms with Crippen LogP contribution in [-0.2, 0) is 0 Å². The van der Waals surface area contributed by atoms with Crippen molar-refractivity contribution in [2.24, 2.45) is 0 Å². The van der Waals surface area contributed by atoms with Crippen molar-refractivity contribution in [3.8, 4) is 0 Å². The Morgan fingerprint density at radius 1 is 1.45 bits per heavy atom. The molecule has 0 atom stereocenters. The van der Waals surface area contributed by atoms with Gasteiger partial charge in [0.05, 0.1) is 0 Å². The molecule has 0 unspecified atom stereocenters. The Kier molecular flexibility index (Phi) is 2.48. The quantitative estimate of drug-likeness (QED) is 0.564. The molecule has 0 bridgehead atoms. The Morgan fingerprint density at radius 3 is 2.73 bits per heavy atom. The molecule has 58 valence electrons. The first-order valence-corrected chi connectivity index (χ1v) is 4.00. The second-order valence-electron chi connectivity index (χ2n) is 2.76. The van der Waals surface area contributed by atoms with Gasteiger partial charge in [-0.05, 0) is 29.3 Å². The molecular formula is C11H14. The fourth-order valence-electron chi connectivity index (χ4n) is 1.24. The summed E-state index contributed by atoms with van der Waals surface area (Å²) in [4.78, 5) is 0. The maximum atomic E-state index is 3.97. The molecule has 0 saturated heterocycles. The van der Waals surface area contributed by atoms with Gasteiger partial charge in [-0.3, -0.25) is 0 Å². The van der Waals surface area contributed by atoms with Crippen molar-refractivity contribution in [1.82, 2.24) is 0 Å². The molecule has 1 aromatic carbocycles. The number of hydrogen-bond donors (Lipinski definition) is 0. The minimum absolute atomic E-state index is 1.08. The molecule has 1 rings (SSSR count). The average Bonchev–Trinajstić information content (AvgIpc) is 1.97. The van der Waals surface area contributed by atoms with Crippen LogP contribution >= 0.6 is 0 Å². The van der Waals surface area contributed by atoms with Gasteiger partial charge < -0.3 is 0 Å². The van der Waals surface area contributed by atoms with Crippen LogP contribution in [0.25, 0.3) is 12.7 Å². The van der Waals surface area contributed by atoms with Crippen molar-refractivity contribution >= 4 is 12.7 Å². The van der Waals surface area contributed by atoms with Gasteiger partial charge in [-0.1, -0.05) is 37.8 Å². The molecule has 0 spiro atoms. The lowest BCUT2D eigenvalue weighted by molar-refractivity contribution is 1.26. The summed E-state index contributed by atoms with van der Waals surface area (Å²) >= 11 is 0. The van der Waals surface area contributed by atoms with Crippen LogP contribution in [0.5, 0.6) is 0 Å². The minimum Gasteiger partial charge on any atom is -0.0912 e. The summed E-state index contributed by atoms with van der Waals surface area (Å²) in [6, 6.07) is 6.22. The van der Waals surface area contributed by atoms with Crippen molar-refractivity contribution < 1.29 is 0 Å². The Balaban J connectivity index is 3.45. The number of hydrogen-bond acceptors (Lipinski definition) is 0. The Morgan fingerprint density at radius 2 is 2.18 bits per heavy atom. The van der Waals surface area contributed by atoms with Gasteiger partial charge in [0, 0.05) is 0 Å². The topological polar surface area (TPSA) is 0 Å². The summed E-state index contributed by atoms with van der Waals surface area (Å²) in [7, 11) is 0. The Labute approximate surface area is 67.9 Å². The highest BCUT2D eigenvalue weighted by Crippen LogP contribution is 1.84. The summed E-state index contributed by atoms with van der Waals surface area (Å²) in [6.07, 6.45) is 3.30. The molecule has 1 aromatic rings. The summed E-state index contributed by atoms with van der Waals surface area (Å²) in [6.45, 7) is 8.23. The number of benzene rings is 1. The SMILES string of the molecule is C=c1cccc(C)/c1=C/CC. The third kappa shape index (κ3) is 1.70. The first-order valence-electron chi connectivity index (χ1n) is 4.00. The standard InChI is InChI=1S/C11H14/c1-4-6-11-9(2)7-5-8-10(11)3/h5-8H,2,4H2,1,3H3/b11-6+. The summed E-state index contributed by atoms with van der Waals surface area (Å²) in [5.74, 6) is 0. The van der Waals surface area contributed by atoms with E-state index in [2.05, 4.69) is 38.6 Å². The Bertz CT molecular complexity index is 334. The summed E-state index contributed by atoms with van der Waals surface area (Å²) < 4.78 is 0. The predicted octanol–water partition coefficient (Wildman–Crippen LogP) is 1.60. The van der Waals surface area contributed by atoms with E-state index in [1.165, 1.54) is 10.8 Å². The van der Waals surface area contributed by atoms with Gasteiger partial charge in [-0.2, -0.15) is 0 Å². The van der Waals surface area contributed by atoms with Crippen LogP contribution in [0.3, 0.4) is 0 Å². The highest BCUT2D eigenvalue weighted by Gasteiger charge is 1.85. The van der Waals surface area contributed by atoms with E-state index in [1.54, 1.807) is 0 Å². The molecule has 0 aliphatic carbocycles. The minimum atomic E-state index is 1.08. The zero-order valence-electron chi connectivity index (χ0n) is 7.22. The zero-order chi connectivity index (χ0) is 8.27. The first kappa shape index (κ1) is 8.06. The maximum absolute atomic E-state index is 3.97. The van der Waals surface area contributed by atoms with E-state index in [0.717, 1.165) is 11.6 Å². The smallest absolute Gasteiger partial charge is 0.0201 e. The molecule has 11 heavy (non-hydrogen) atoms. The zero-order valence-corrected chi connectivity index (χ0v) is 7.22. The predicted molar refractivity (Wildman–Crippen MR) is 50.7 cm³/mol. The molecule has 0 radical (unpaired) electrons. The molecule has 0 aromatic heterocycles. The highest BCUT2D eigenvalue weighted by atomic mass is 13.9. The second kappa shape index (κ2) is 3.38. The Hall–Kier alpha value is -1.04. The van der Waals surface area contributed by atoms with E-state index in [9.17, 15) is 0 Å². The van der Waals surface area contributed by atoms with E-state index in [0.29, 0.717) is 0 Å². The number of rotatable bonds is 1. The third-order valence-corrected chi connectivity index (χ3v) is 1.82. The van der Waals surface area contributed by atoms with Crippen LogP contribution in [0.2, 0.25) is 0 Å². The molecule has 0 heterocycles. The van der Waals surface area contributed by atoms with E-state index in [1.807, 2.05) is 6.07 Å². The molecule has 0 amide bonds. The van der Waals surface area contributed by atoms with Gasteiger partial charge in [0.1, 0.15) is 0 Å². The molecule has 0 nitrogen and oxygen atoms in total. The largest absolute Gasteiger partial charge is 0.0912 e. The van der Waals surface area contributed by atoms with Crippen molar-refractivity contribution in [2.75, 3.05) is 0 Å². The third-order valence-electron chi connectivity index (χ3n) is 1.82. The highest BCUT2D eigenvalue weighted by molar-refractivity contribution is 5.31. The van der Waals surface area contributed by atoms with Crippen molar-refractivity contribution in [2.45, 2.75) is 20.3 Å². The monoisotopic (exact) mass is 146 g/mol. The molecular weight excluding hydrogens is 132 g/mol. The van der Waals surface area contributed by atoms with Gasteiger partial charge in [0.2, 0.25) is 0 Å². The lowest BCUT2D eigenvalue weighted by Crippen LogP contribution is -2.25. The lowest BCUT2D eigenvalue weighted by Gasteiger charge is -1.93. The van der Waals surface area contributed by atoms with Gasteiger partial charge in [0.25, 0.3) is 0 Å². The van der Waals surface area contributed by atoms with E-state index in [4.69, 9.17) is 0 Å². The van der Waals surface area contributed by atoms with Crippen molar-refractivity contribution in [3.63, 3.8) is 0 Å². The van der Waals surface area contributed by atoms with Crippen LogP contribution in [0, 0.1) is 6.92 Å². The molecule has 0 saturated carbocycles. The molecule has 0 heteroatoms. The normalized spacial score (nSPS) is 12.0. The van der Waals surface area contributed by atoms with Crippen LogP contribution in [0.4, 0.5) is 0 Å². The fourth-order valence-corrected chi connectivity index (χ4v) is 1.24. The molecule has 0 fully saturated rings. The molecule has 0 aliphatic heterocycles. The average molecular weight is 146 g/mol. The van der Waals surface area contributed by atoms with Crippen molar-refractivity contribution in [1.29, 1.82) is 0 Å². The van der Waals surface area contributed by atoms with E-state index >= 15 is 0 Å². The molecule has 0 aliphatic rings. The van der Waals surface area contributed by atoms with E-state index < -0.39 is 0 Å². The lowest BCUT2D eigenvalue weighted by atomic mass is 10.1. The molecule has 0 N–H and O–H groups in total. The maximum Gasteiger partial charge on any atom is -0.0201 e. The summed E-state index contributed by atoms with van der Waals surface area (Å²) in [5, 5.41) is 2.43. The van der Waals surface area contributed by atoms with Crippen LogP contribution in [0.1, 0.15) is 18.9 Å². The van der Waals surface area contributed by atoms with Gasteiger partial charge >= 0.3 is 0 Å². The van der Waals surface area contributed by atoms with E-state index in [-0.39, 0.29) is 0 Å². The van der Waals surface area contributed by atoms with Gasteiger partial charge in [-0.15, -0.1) is 0 Å². The fraction of sp³-hybridized carbons (Fsp3) is 0.273. The van der Waals surface area contributed by atoms with Gasteiger partial charge in [0.15, 0.2) is 0 Å². The van der Waals surface area contributed by atoms with Gasteiger partial charge in [-0.25, -0.2) is 0 Å². The summed E-state index contributed by atoms with van der Waals surface area (Å²) in [5.41, 5.74) is 1.32. The van der Waals surface area contributed by atoms with Crippen LogP contribution in [-0.4, -0.2) is 0 Å². The van der Waals surface area contributed by atoms with Crippen LogP contribution < -0.4 is 10.4 Å².